The summed E-state index contributed by atoms with van der Waals surface area (Å²) in [7, 11) is 0. The molecule has 1 aromatic carbocycles. The largest absolute Gasteiger partial charge is 0.292 e. The number of pyridine rings is 1. The van der Waals surface area contributed by atoms with Crippen LogP contribution in [-0.2, 0) is 5.92 Å². The third-order valence-corrected chi connectivity index (χ3v) is 4.77. The number of rotatable bonds is 5. The van der Waals surface area contributed by atoms with Crippen molar-refractivity contribution in [3.8, 4) is 0 Å². The predicted molar refractivity (Wildman–Crippen MR) is 86.7 cm³/mol. The summed E-state index contributed by atoms with van der Waals surface area (Å²) in [4.78, 5) is 16.3. The fraction of sp³-hybridized carbons (Fsp3) is 0.368. The maximum Gasteiger partial charge on any atom is 0.272 e. The van der Waals surface area contributed by atoms with E-state index in [1.165, 1.54) is 30.5 Å². The Hall–Kier alpha value is -2.24. The minimum atomic E-state index is -3.17. The van der Waals surface area contributed by atoms with Crippen LogP contribution in [0.3, 0.4) is 0 Å². The van der Waals surface area contributed by atoms with E-state index in [1.807, 2.05) is 0 Å². The van der Waals surface area contributed by atoms with Crippen molar-refractivity contribution >= 4 is 5.78 Å². The highest BCUT2D eigenvalue weighted by atomic mass is 19.3. The van der Waals surface area contributed by atoms with E-state index in [0.29, 0.717) is 18.4 Å². The zero-order valence-corrected chi connectivity index (χ0v) is 13.6. The van der Waals surface area contributed by atoms with Crippen molar-refractivity contribution < 1.29 is 23.8 Å². The van der Waals surface area contributed by atoms with E-state index < -0.39 is 28.9 Å². The molecule has 0 radical (unpaired) electrons. The molecule has 1 aliphatic rings. The SMILES string of the molecule is CC(F)(F)c1cccnc1C(=O)C[C@@H]1CC[C@@H]1c1ccc(F)cc1F.[HH]. The smallest absolute Gasteiger partial charge is 0.272 e. The van der Waals surface area contributed by atoms with Crippen molar-refractivity contribution in [3.05, 3.63) is 65.0 Å². The molecule has 0 aliphatic heterocycles. The first-order valence-electron chi connectivity index (χ1n) is 8.09. The van der Waals surface area contributed by atoms with Gasteiger partial charge < -0.3 is 0 Å². The summed E-state index contributed by atoms with van der Waals surface area (Å²) < 4.78 is 54.3. The van der Waals surface area contributed by atoms with Crippen LogP contribution in [0.1, 0.15) is 55.1 Å². The molecule has 0 saturated heterocycles. The Balaban J connectivity index is 0.00000243. The van der Waals surface area contributed by atoms with Gasteiger partial charge in [-0.15, -0.1) is 0 Å². The quantitative estimate of drug-likeness (QED) is 0.526. The van der Waals surface area contributed by atoms with Gasteiger partial charge in [-0.2, -0.15) is 0 Å². The zero-order valence-electron chi connectivity index (χ0n) is 13.6. The second-order valence-electron chi connectivity index (χ2n) is 6.53. The summed E-state index contributed by atoms with van der Waals surface area (Å²) in [6.07, 6.45) is 2.69. The molecule has 2 atom stereocenters. The van der Waals surface area contributed by atoms with Crippen LogP contribution in [0.4, 0.5) is 17.6 Å². The summed E-state index contributed by atoms with van der Waals surface area (Å²) in [5.74, 6) is -5.31. The Labute approximate surface area is 144 Å². The molecule has 3 rings (SSSR count). The van der Waals surface area contributed by atoms with Crippen molar-refractivity contribution in [1.29, 1.82) is 0 Å². The lowest BCUT2D eigenvalue weighted by molar-refractivity contribution is 0.0158. The lowest BCUT2D eigenvalue weighted by Crippen LogP contribution is -2.28. The minimum absolute atomic E-state index is 0. The van der Waals surface area contributed by atoms with E-state index in [0.717, 1.165) is 13.0 Å². The number of halogens is 4. The van der Waals surface area contributed by atoms with Gasteiger partial charge in [-0.1, -0.05) is 6.07 Å². The van der Waals surface area contributed by atoms with Crippen LogP contribution in [0.2, 0.25) is 0 Å². The average Bonchev–Trinajstić information content (AvgIpc) is 2.53. The third-order valence-electron chi connectivity index (χ3n) is 4.77. The van der Waals surface area contributed by atoms with Crippen LogP contribution in [0.15, 0.2) is 36.5 Å². The van der Waals surface area contributed by atoms with Crippen LogP contribution in [0, 0.1) is 17.6 Å². The molecule has 2 aromatic rings. The Morgan fingerprint density at radius 2 is 2.04 bits per heavy atom. The minimum Gasteiger partial charge on any atom is -0.292 e. The molecule has 0 N–H and O–H groups in total. The summed E-state index contributed by atoms with van der Waals surface area (Å²) >= 11 is 0. The third kappa shape index (κ3) is 3.57. The second-order valence-corrected chi connectivity index (χ2v) is 6.53. The molecule has 1 aliphatic carbocycles. The van der Waals surface area contributed by atoms with Crippen molar-refractivity contribution in [2.45, 2.75) is 38.0 Å². The first-order valence-corrected chi connectivity index (χ1v) is 8.09. The van der Waals surface area contributed by atoms with Gasteiger partial charge in [0.25, 0.3) is 5.92 Å². The average molecular weight is 353 g/mol. The maximum absolute atomic E-state index is 13.9. The van der Waals surface area contributed by atoms with Gasteiger partial charge in [0.05, 0.1) is 0 Å². The van der Waals surface area contributed by atoms with Gasteiger partial charge in [0, 0.05) is 32.6 Å². The van der Waals surface area contributed by atoms with Crippen molar-refractivity contribution in [3.63, 3.8) is 0 Å². The molecule has 6 heteroatoms. The van der Waals surface area contributed by atoms with E-state index in [2.05, 4.69) is 4.98 Å². The Kier molecular flexibility index (Phi) is 4.62. The van der Waals surface area contributed by atoms with Gasteiger partial charge in [-0.3, -0.25) is 9.78 Å². The topological polar surface area (TPSA) is 30.0 Å². The Morgan fingerprint density at radius 1 is 1.28 bits per heavy atom. The van der Waals surface area contributed by atoms with Gasteiger partial charge in [0.15, 0.2) is 5.78 Å². The summed E-state index contributed by atoms with van der Waals surface area (Å²) in [6, 6.07) is 5.95. The monoisotopic (exact) mass is 353 g/mol. The van der Waals surface area contributed by atoms with Crippen LogP contribution < -0.4 is 0 Å². The lowest BCUT2D eigenvalue weighted by atomic mass is 9.67. The van der Waals surface area contributed by atoms with Gasteiger partial charge >= 0.3 is 0 Å². The van der Waals surface area contributed by atoms with Crippen LogP contribution >= 0.6 is 0 Å². The molecule has 0 amide bonds. The second kappa shape index (κ2) is 6.58. The molecule has 0 bridgehead atoms. The van der Waals surface area contributed by atoms with E-state index in [4.69, 9.17) is 0 Å². The highest BCUT2D eigenvalue weighted by Crippen LogP contribution is 2.46. The maximum atomic E-state index is 13.9. The predicted octanol–water partition coefficient (Wildman–Crippen LogP) is 5.48. The summed E-state index contributed by atoms with van der Waals surface area (Å²) in [5.41, 5.74) is -0.267. The molecule has 1 saturated carbocycles. The van der Waals surface area contributed by atoms with Crippen molar-refractivity contribution in [2.24, 2.45) is 5.92 Å². The number of ketones is 1. The van der Waals surface area contributed by atoms with E-state index >= 15 is 0 Å². The number of carbonyl (C=O) groups is 1. The van der Waals surface area contributed by atoms with Crippen LogP contribution in [0.25, 0.3) is 0 Å². The number of carbonyl (C=O) groups excluding carboxylic acids is 1. The highest BCUT2D eigenvalue weighted by Gasteiger charge is 2.37. The Morgan fingerprint density at radius 3 is 2.64 bits per heavy atom. The molecule has 134 valence electrons. The zero-order chi connectivity index (χ0) is 18.2. The van der Waals surface area contributed by atoms with Gasteiger partial charge in [-0.25, -0.2) is 17.6 Å². The Bertz CT molecular complexity index is 806. The first kappa shape index (κ1) is 17.6. The van der Waals surface area contributed by atoms with Crippen LogP contribution in [-0.4, -0.2) is 10.8 Å². The van der Waals surface area contributed by atoms with E-state index in [1.54, 1.807) is 0 Å². The standard InChI is InChI=1S/C19H17F4NO.H2/c1-19(22,23)15-3-2-8-24-18(15)17(25)9-11-4-6-13(11)14-7-5-12(20)10-16(14)21;/h2-3,5,7-8,10-11,13H,4,6,9H2,1H3;1H/t11-,13-;/m0./s1. The first-order chi connectivity index (χ1) is 11.8. The van der Waals surface area contributed by atoms with E-state index in [-0.39, 0.29) is 25.4 Å². The number of hydrogen-bond acceptors (Lipinski definition) is 2. The molecule has 0 unspecified atom stereocenters. The lowest BCUT2D eigenvalue weighted by Gasteiger charge is -2.37. The molecule has 0 spiro atoms. The van der Waals surface area contributed by atoms with Gasteiger partial charge in [-0.05, 0) is 48.4 Å². The van der Waals surface area contributed by atoms with E-state index in [9.17, 15) is 22.4 Å². The number of aromatic nitrogens is 1. The fourth-order valence-corrected chi connectivity index (χ4v) is 3.34. The van der Waals surface area contributed by atoms with Crippen molar-refractivity contribution in [2.75, 3.05) is 0 Å². The highest BCUT2D eigenvalue weighted by molar-refractivity contribution is 5.96. The fourth-order valence-electron chi connectivity index (χ4n) is 3.34. The molecule has 1 heterocycles. The summed E-state index contributed by atoms with van der Waals surface area (Å²) in [5, 5.41) is 0. The molecule has 25 heavy (non-hydrogen) atoms. The van der Waals surface area contributed by atoms with Gasteiger partial charge in [0.1, 0.15) is 17.3 Å². The number of nitrogens with zero attached hydrogens (tertiary/aromatic N) is 1. The molecular formula is C19H19F4NO. The number of benzene rings is 1. The molecule has 2 nitrogen and oxygen atoms in total. The molecule has 1 fully saturated rings. The molecular weight excluding hydrogens is 334 g/mol. The normalized spacial score (nSPS) is 20.2. The number of hydrogen-bond donors (Lipinski definition) is 0. The number of Topliss-reactive ketones (excluding diaryl/α,β-unsaturated/α-hetero) is 1. The number of alkyl halides is 2. The van der Waals surface area contributed by atoms with Gasteiger partial charge in [0.2, 0.25) is 0 Å². The van der Waals surface area contributed by atoms with Crippen LogP contribution in [0.5, 0.6) is 0 Å². The van der Waals surface area contributed by atoms with Crippen molar-refractivity contribution in [1.82, 2.24) is 4.98 Å². The summed E-state index contributed by atoms with van der Waals surface area (Å²) in [6.45, 7) is 0.723. The molecule has 1 aromatic heterocycles.